The van der Waals surface area contributed by atoms with Crippen LogP contribution in [0.5, 0.6) is 0 Å². The number of nitrogens with two attached hydrogens (primary N) is 1. The van der Waals surface area contributed by atoms with E-state index in [4.69, 9.17) is 10.7 Å². The summed E-state index contributed by atoms with van der Waals surface area (Å²) in [5.41, 5.74) is 10.2. The molecule has 6 rings (SSSR count). The third-order valence-electron chi connectivity index (χ3n) is 7.23. The molecule has 2 heterocycles. The zero-order valence-corrected chi connectivity index (χ0v) is 16.8. The fourth-order valence-electron chi connectivity index (χ4n) is 6.51. The second-order valence-electron chi connectivity index (χ2n) is 8.89. The van der Waals surface area contributed by atoms with E-state index in [0.29, 0.717) is 11.4 Å². The Hall–Kier alpha value is -0.762. The molecule has 1 aliphatic heterocycles. The van der Waals surface area contributed by atoms with E-state index < -0.39 is 0 Å². The van der Waals surface area contributed by atoms with E-state index in [9.17, 15) is 0 Å². The van der Waals surface area contributed by atoms with Gasteiger partial charge in [0.2, 0.25) is 0 Å². The molecule has 5 fully saturated rings. The molecule has 4 aliphatic carbocycles. The van der Waals surface area contributed by atoms with E-state index >= 15 is 0 Å². The van der Waals surface area contributed by atoms with Crippen molar-refractivity contribution in [2.45, 2.75) is 60.8 Å². The van der Waals surface area contributed by atoms with Gasteiger partial charge >= 0.3 is 152 Å². The predicted octanol–water partition coefficient (Wildman–Crippen LogP) is 3.01. The summed E-state index contributed by atoms with van der Waals surface area (Å²) >= 11 is 0.202. The zero-order chi connectivity index (χ0) is 16.3. The standard InChI is InChI=1S/C19H29AsN4/c1-20-15-2-3-24(11-15)17-7-16(22-18(21)23-17)19-8-12-4-13(9-19)6-14(5-12)10-19/h7,12-15,20H,2-6,8-11H2,1H3,(H2,21,22,23). The van der Waals surface area contributed by atoms with Crippen molar-refractivity contribution >= 4 is 27.5 Å². The molecule has 2 N–H and O–H groups in total. The summed E-state index contributed by atoms with van der Waals surface area (Å²) in [4.78, 5) is 11.9. The number of hydrogen-bond donors (Lipinski definition) is 1. The molecular formula is C19H29AsN4. The van der Waals surface area contributed by atoms with Crippen molar-refractivity contribution in [3.05, 3.63) is 11.8 Å². The van der Waals surface area contributed by atoms with Gasteiger partial charge < -0.3 is 0 Å². The van der Waals surface area contributed by atoms with Crippen LogP contribution in [0.25, 0.3) is 0 Å². The summed E-state index contributed by atoms with van der Waals surface area (Å²) < 4.78 is 0.934. The van der Waals surface area contributed by atoms with Gasteiger partial charge in [0.25, 0.3) is 0 Å². The van der Waals surface area contributed by atoms with Gasteiger partial charge in [-0.05, 0) is 0 Å². The van der Waals surface area contributed by atoms with Crippen molar-refractivity contribution < 1.29 is 0 Å². The van der Waals surface area contributed by atoms with Crippen molar-refractivity contribution in [1.29, 1.82) is 0 Å². The Balaban J connectivity index is 1.48. The summed E-state index contributed by atoms with van der Waals surface area (Å²) in [5.74, 6) is 4.43. The molecule has 24 heavy (non-hydrogen) atoms. The topological polar surface area (TPSA) is 55.0 Å². The number of nitrogens with zero attached hydrogens (tertiary/aromatic N) is 3. The van der Waals surface area contributed by atoms with Crippen LogP contribution in [-0.2, 0) is 5.41 Å². The molecule has 1 aromatic rings. The molecule has 4 nitrogen and oxygen atoms in total. The molecule has 0 aromatic carbocycles. The number of nitrogen functional groups attached to an aromatic ring is 1. The van der Waals surface area contributed by atoms with Gasteiger partial charge in [-0.1, -0.05) is 0 Å². The quantitative estimate of drug-likeness (QED) is 0.809. The Morgan fingerprint density at radius 3 is 2.38 bits per heavy atom. The molecule has 0 spiro atoms. The summed E-state index contributed by atoms with van der Waals surface area (Å²) in [6.45, 7) is 2.34. The van der Waals surface area contributed by atoms with Crippen LogP contribution in [0.3, 0.4) is 0 Å². The van der Waals surface area contributed by atoms with E-state index in [0.717, 1.165) is 34.8 Å². The molecule has 2 atom stereocenters. The number of rotatable bonds is 3. The van der Waals surface area contributed by atoms with E-state index in [2.05, 4.69) is 21.7 Å². The van der Waals surface area contributed by atoms with Crippen molar-refractivity contribution in [3.8, 4) is 0 Å². The molecule has 1 aromatic heterocycles. The first kappa shape index (κ1) is 15.5. The van der Waals surface area contributed by atoms with Crippen molar-refractivity contribution in [3.63, 3.8) is 0 Å². The van der Waals surface area contributed by atoms with Gasteiger partial charge in [0.15, 0.2) is 0 Å². The molecule has 5 aliphatic rings. The van der Waals surface area contributed by atoms with Crippen LogP contribution in [0, 0.1) is 17.8 Å². The summed E-state index contributed by atoms with van der Waals surface area (Å²) in [6.07, 6.45) is 9.80. The summed E-state index contributed by atoms with van der Waals surface area (Å²) in [5, 5.41) is 0. The SMILES string of the molecule is C[AsH]C1CCN(c2cc(C34CC5CC(CC(C5)C3)C4)nc(N)n2)C1. The van der Waals surface area contributed by atoms with Gasteiger partial charge in [-0.2, -0.15) is 0 Å². The molecule has 2 unspecified atom stereocenters. The average molecular weight is 388 g/mol. The molecule has 1 saturated heterocycles. The van der Waals surface area contributed by atoms with Crippen LogP contribution in [0.2, 0.25) is 10.4 Å². The molecule has 5 heteroatoms. The first-order chi connectivity index (χ1) is 11.6. The van der Waals surface area contributed by atoms with Gasteiger partial charge in [0, 0.05) is 0 Å². The maximum atomic E-state index is 6.17. The predicted molar refractivity (Wildman–Crippen MR) is 99.9 cm³/mol. The van der Waals surface area contributed by atoms with Crippen LogP contribution in [0.4, 0.5) is 11.8 Å². The maximum absolute atomic E-state index is 6.17. The number of aromatic nitrogens is 2. The molecular weight excluding hydrogens is 359 g/mol. The van der Waals surface area contributed by atoms with Crippen molar-refractivity contribution in [2.24, 2.45) is 17.8 Å². The van der Waals surface area contributed by atoms with E-state index in [1.54, 1.807) is 0 Å². The Labute approximate surface area is 151 Å². The van der Waals surface area contributed by atoms with E-state index in [-0.39, 0.29) is 15.8 Å². The first-order valence-corrected chi connectivity index (χ1v) is 13.0. The van der Waals surface area contributed by atoms with E-state index in [1.165, 1.54) is 57.2 Å². The molecule has 130 valence electrons. The van der Waals surface area contributed by atoms with Gasteiger partial charge in [-0.25, -0.2) is 0 Å². The van der Waals surface area contributed by atoms with Gasteiger partial charge in [0.05, 0.1) is 0 Å². The summed E-state index contributed by atoms with van der Waals surface area (Å²) in [6, 6.07) is 2.32. The zero-order valence-electron chi connectivity index (χ0n) is 14.7. The number of hydrogen-bond acceptors (Lipinski definition) is 4. The van der Waals surface area contributed by atoms with Crippen LogP contribution in [-0.4, -0.2) is 38.8 Å². The fraction of sp³-hybridized carbons (Fsp3) is 0.789. The molecule has 4 saturated carbocycles. The normalized spacial score (nSPS) is 41.0. The van der Waals surface area contributed by atoms with Crippen LogP contribution < -0.4 is 10.6 Å². The molecule has 4 bridgehead atoms. The summed E-state index contributed by atoms with van der Waals surface area (Å²) in [7, 11) is 0. The third-order valence-corrected chi connectivity index (χ3v) is 9.93. The number of anilines is 2. The molecule has 0 amide bonds. The molecule has 0 radical (unpaired) electrons. The fourth-order valence-corrected chi connectivity index (χ4v) is 8.24. The first-order valence-electron chi connectivity index (χ1n) is 9.71. The minimum absolute atomic E-state index is 0.202. The second-order valence-corrected chi connectivity index (χ2v) is 11.8. The van der Waals surface area contributed by atoms with Gasteiger partial charge in [-0.3, -0.25) is 0 Å². The van der Waals surface area contributed by atoms with E-state index in [1.807, 2.05) is 0 Å². The van der Waals surface area contributed by atoms with Crippen LogP contribution in [0.15, 0.2) is 6.07 Å². The Kier molecular flexibility index (Phi) is 3.63. The van der Waals surface area contributed by atoms with Gasteiger partial charge in [0.1, 0.15) is 0 Å². The second kappa shape index (κ2) is 5.62. The van der Waals surface area contributed by atoms with Crippen molar-refractivity contribution in [1.82, 2.24) is 9.97 Å². The Bertz CT molecular complexity index is 611. The Morgan fingerprint density at radius 1 is 1.12 bits per heavy atom. The van der Waals surface area contributed by atoms with Crippen molar-refractivity contribution in [2.75, 3.05) is 23.7 Å². The monoisotopic (exact) mass is 388 g/mol. The van der Waals surface area contributed by atoms with Crippen LogP contribution in [0.1, 0.15) is 50.6 Å². The van der Waals surface area contributed by atoms with Crippen LogP contribution >= 0.6 is 0 Å². The Morgan fingerprint density at radius 2 is 1.79 bits per heavy atom. The van der Waals surface area contributed by atoms with Gasteiger partial charge in [-0.15, -0.1) is 0 Å². The third kappa shape index (κ3) is 2.48. The average Bonchev–Trinajstić information content (AvgIpc) is 3.02. The minimum atomic E-state index is 0.202.